The molecular weight excluding hydrogens is 189 g/mol. The Bertz CT molecular complexity index is 301. The van der Waals surface area contributed by atoms with Crippen LogP contribution in [-0.4, -0.2) is 13.1 Å². The van der Waals surface area contributed by atoms with Crippen molar-refractivity contribution in [1.29, 1.82) is 0 Å². The number of hydrogen-bond donors (Lipinski definition) is 1. The summed E-state index contributed by atoms with van der Waals surface area (Å²) in [4.78, 5) is 0. The van der Waals surface area contributed by atoms with Crippen molar-refractivity contribution in [2.75, 3.05) is 13.1 Å². The van der Waals surface area contributed by atoms with Crippen LogP contribution >= 0.6 is 0 Å². The molecule has 1 aromatic rings. The fourth-order valence-corrected chi connectivity index (χ4v) is 2.15. The third-order valence-corrected chi connectivity index (χ3v) is 3.14. The van der Waals surface area contributed by atoms with E-state index in [9.17, 15) is 4.39 Å². The van der Waals surface area contributed by atoms with Gasteiger partial charge in [-0.1, -0.05) is 29.8 Å². The molecule has 2 rings (SSSR count). The van der Waals surface area contributed by atoms with Crippen LogP contribution in [0.3, 0.4) is 0 Å². The topological polar surface area (TPSA) is 12.0 Å². The average molecular weight is 207 g/mol. The monoisotopic (exact) mass is 207 g/mol. The van der Waals surface area contributed by atoms with Gasteiger partial charge in [-0.15, -0.1) is 0 Å². The Kier molecular flexibility index (Phi) is 3.37. The van der Waals surface area contributed by atoms with E-state index in [-0.39, 0.29) is 5.92 Å². The molecule has 0 bridgehead atoms. The molecule has 0 aliphatic carbocycles. The highest BCUT2D eigenvalue weighted by Gasteiger charge is 2.24. The predicted molar refractivity (Wildman–Crippen MR) is 60.6 cm³/mol. The van der Waals surface area contributed by atoms with E-state index in [4.69, 9.17) is 0 Å². The van der Waals surface area contributed by atoms with Crippen molar-refractivity contribution < 1.29 is 4.39 Å². The van der Waals surface area contributed by atoms with E-state index in [1.807, 2.05) is 31.2 Å². The molecule has 1 N–H and O–H groups in total. The van der Waals surface area contributed by atoms with Crippen molar-refractivity contribution in [3.05, 3.63) is 35.4 Å². The van der Waals surface area contributed by atoms with Crippen LogP contribution in [0.5, 0.6) is 0 Å². The number of nitrogens with one attached hydrogen (secondary N) is 1. The normalized spacial score (nSPS) is 23.7. The summed E-state index contributed by atoms with van der Waals surface area (Å²) in [6.07, 6.45) is 1.29. The van der Waals surface area contributed by atoms with Gasteiger partial charge in [0, 0.05) is 12.5 Å². The molecule has 0 amide bonds. The van der Waals surface area contributed by atoms with Gasteiger partial charge < -0.3 is 5.32 Å². The van der Waals surface area contributed by atoms with Crippen molar-refractivity contribution >= 4 is 0 Å². The van der Waals surface area contributed by atoms with Crippen molar-refractivity contribution in [1.82, 2.24) is 5.32 Å². The molecule has 0 spiro atoms. The van der Waals surface area contributed by atoms with Gasteiger partial charge in [-0.3, -0.25) is 0 Å². The lowest BCUT2D eigenvalue weighted by Crippen LogP contribution is -2.32. The van der Waals surface area contributed by atoms with E-state index >= 15 is 0 Å². The fraction of sp³-hybridized carbons (Fsp3) is 0.538. The molecule has 0 aromatic heterocycles. The van der Waals surface area contributed by atoms with Gasteiger partial charge in [-0.05, 0) is 31.9 Å². The van der Waals surface area contributed by atoms with Gasteiger partial charge in [0.25, 0.3) is 0 Å². The van der Waals surface area contributed by atoms with Gasteiger partial charge in [0.05, 0.1) is 0 Å². The Morgan fingerprint density at radius 3 is 2.67 bits per heavy atom. The van der Waals surface area contributed by atoms with Crippen LogP contribution in [0.1, 0.15) is 30.1 Å². The maximum atomic E-state index is 14.1. The summed E-state index contributed by atoms with van der Waals surface area (Å²) in [6.45, 7) is 3.88. The van der Waals surface area contributed by atoms with Crippen LogP contribution in [-0.2, 0) is 0 Å². The highest BCUT2D eigenvalue weighted by Crippen LogP contribution is 2.30. The lowest BCUT2D eigenvalue weighted by molar-refractivity contribution is 0.194. The number of aryl methyl sites for hydroxylation is 1. The minimum absolute atomic E-state index is 0.154. The molecule has 82 valence electrons. The van der Waals surface area contributed by atoms with Crippen LogP contribution in [0.2, 0.25) is 0 Å². The Hall–Kier alpha value is -0.890. The van der Waals surface area contributed by atoms with Gasteiger partial charge in [0.15, 0.2) is 0 Å². The molecule has 1 aliphatic heterocycles. The Morgan fingerprint density at radius 1 is 1.33 bits per heavy atom. The summed E-state index contributed by atoms with van der Waals surface area (Å²) in [5, 5.41) is 3.26. The molecule has 2 atom stereocenters. The number of benzene rings is 1. The van der Waals surface area contributed by atoms with Crippen LogP contribution in [0.15, 0.2) is 24.3 Å². The molecule has 1 heterocycles. The van der Waals surface area contributed by atoms with Crippen LogP contribution in [0.4, 0.5) is 4.39 Å². The minimum atomic E-state index is -0.807. The van der Waals surface area contributed by atoms with Crippen LogP contribution in [0, 0.1) is 12.8 Å². The minimum Gasteiger partial charge on any atom is -0.316 e. The first-order valence-corrected chi connectivity index (χ1v) is 5.69. The fourth-order valence-electron chi connectivity index (χ4n) is 2.15. The quantitative estimate of drug-likeness (QED) is 0.786. The molecule has 2 heteroatoms. The first-order chi connectivity index (χ1) is 7.27. The van der Waals surface area contributed by atoms with Gasteiger partial charge in [0.1, 0.15) is 6.17 Å². The van der Waals surface area contributed by atoms with Crippen molar-refractivity contribution in [3.8, 4) is 0 Å². The Labute approximate surface area is 90.7 Å². The molecule has 1 aliphatic rings. The average Bonchev–Trinajstić information content (AvgIpc) is 2.30. The summed E-state index contributed by atoms with van der Waals surface area (Å²) in [5.41, 5.74) is 2.02. The van der Waals surface area contributed by atoms with E-state index in [2.05, 4.69) is 5.32 Å². The molecule has 15 heavy (non-hydrogen) atoms. The second kappa shape index (κ2) is 4.75. The molecule has 1 aromatic carbocycles. The lowest BCUT2D eigenvalue weighted by atomic mass is 9.90. The predicted octanol–water partition coefficient (Wildman–Crippen LogP) is 3.01. The highest BCUT2D eigenvalue weighted by atomic mass is 19.1. The third-order valence-electron chi connectivity index (χ3n) is 3.14. The molecule has 1 nitrogen and oxygen atoms in total. The summed E-state index contributed by atoms with van der Waals surface area (Å²) in [6, 6.07) is 7.79. The van der Waals surface area contributed by atoms with Gasteiger partial charge in [0.2, 0.25) is 0 Å². The molecule has 0 radical (unpaired) electrons. The summed E-state index contributed by atoms with van der Waals surface area (Å²) >= 11 is 0. The largest absolute Gasteiger partial charge is 0.316 e. The van der Waals surface area contributed by atoms with Gasteiger partial charge in [-0.25, -0.2) is 4.39 Å². The van der Waals surface area contributed by atoms with E-state index < -0.39 is 6.17 Å². The number of piperidine rings is 1. The van der Waals surface area contributed by atoms with E-state index in [0.29, 0.717) is 0 Å². The van der Waals surface area contributed by atoms with Crippen molar-refractivity contribution in [2.24, 2.45) is 5.92 Å². The van der Waals surface area contributed by atoms with Crippen LogP contribution < -0.4 is 5.32 Å². The first-order valence-electron chi connectivity index (χ1n) is 5.69. The first kappa shape index (κ1) is 10.6. The van der Waals surface area contributed by atoms with E-state index in [0.717, 1.165) is 31.5 Å². The maximum Gasteiger partial charge on any atom is 0.129 e. The second-order valence-electron chi connectivity index (χ2n) is 4.42. The molecule has 1 saturated heterocycles. The van der Waals surface area contributed by atoms with E-state index in [1.54, 1.807) is 0 Å². The third kappa shape index (κ3) is 2.57. The van der Waals surface area contributed by atoms with E-state index in [1.165, 1.54) is 5.56 Å². The van der Waals surface area contributed by atoms with Crippen molar-refractivity contribution in [3.63, 3.8) is 0 Å². The Balaban J connectivity index is 2.05. The SMILES string of the molecule is Cc1ccc(C(F)C2CCCNC2)cc1. The number of halogens is 1. The zero-order chi connectivity index (χ0) is 10.7. The zero-order valence-corrected chi connectivity index (χ0v) is 9.17. The van der Waals surface area contributed by atoms with Crippen LogP contribution in [0.25, 0.3) is 0 Å². The molecular formula is C13H18FN. The summed E-state index contributed by atoms with van der Waals surface area (Å²) in [5.74, 6) is 0.154. The second-order valence-corrected chi connectivity index (χ2v) is 4.42. The molecule has 0 saturated carbocycles. The lowest BCUT2D eigenvalue weighted by Gasteiger charge is -2.26. The number of hydrogen-bond acceptors (Lipinski definition) is 1. The summed E-state index contributed by atoms with van der Waals surface area (Å²) in [7, 11) is 0. The summed E-state index contributed by atoms with van der Waals surface area (Å²) < 4.78 is 14.1. The zero-order valence-electron chi connectivity index (χ0n) is 9.17. The van der Waals surface area contributed by atoms with Gasteiger partial charge >= 0.3 is 0 Å². The highest BCUT2D eigenvalue weighted by molar-refractivity contribution is 5.23. The maximum absolute atomic E-state index is 14.1. The standard InChI is InChI=1S/C13H18FN/c1-10-4-6-11(7-5-10)13(14)12-3-2-8-15-9-12/h4-7,12-13,15H,2-3,8-9H2,1H3. The van der Waals surface area contributed by atoms with Crippen molar-refractivity contribution in [2.45, 2.75) is 25.9 Å². The molecule has 1 fully saturated rings. The number of alkyl halides is 1. The van der Waals surface area contributed by atoms with Gasteiger partial charge in [-0.2, -0.15) is 0 Å². The smallest absolute Gasteiger partial charge is 0.129 e. The molecule has 2 unspecified atom stereocenters. The number of rotatable bonds is 2. The Morgan fingerprint density at radius 2 is 2.07 bits per heavy atom.